The van der Waals surface area contributed by atoms with Gasteiger partial charge in [-0.15, -0.1) is 0 Å². The van der Waals surface area contributed by atoms with Crippen LogP contribution in [-0.2, 0) is 4.79 Å². The maximum absolute atomic E-state index is 12.0. The molecule has 0 aromatic heterocycles. The summed E-state index contributed by atoms with van der Waals surface area (Å²) in [5, 5.41) is 13.1. The molecule has 0 unspecified atom stereocenters. The third-order valence-electron chi connectivity index (χ3n) is 4.18. The Balaban J connectivity index is 1.74. The predicted octanol–water partition coefficient (Wildman–Crippen LogP) is 2.65. The van der Waals surface area contributed by atoms with E-state index in [0.29, 0.717) is 6.61 Å². The van der Waals surface area contributed by atoms with Gasteiger partial charge in [-0.1, -0.05) is 12.8 Å². The maximum Gasteiger partial charge on any atom is 0.227 e. The lowest BCUT2D eigenvalue weighted by Gasteiger charge is -2.21. The summed E-state index contributed by atoms with van der Waals surface area (Å²) in [6.07, 6.45) is 4.60. The second-order valence-corrected chi connectivity index (χ2v) is 6.69. The van der Waals surface area contributed by atoms with Crippen LogP contribution in [0.1, 0.15) is 38.5 Å². The van der Waals surface area contributed by atoms with Crippen molar-refractivity contribution in [3.05, 3.63) is 24.3 Å². The van der Waals surface area contributed by atoms with E-state index >= 15 is 0 Å². The number of nitrogens with one attached hydrogen (secondary N) is 1. The van der Waals surface area contributed by atoms with Crippen LogP contribution in [0.15, 0.2) is 24.3 Å². The number of rotatable bonds is 8. The predicted molar refractivity (Wildman–Crippen MR) is 91.8 cm³/mol. The monoisotopic (exact) mass is 320 g/mol. The van der Waals surface area contributed by atoms with E-state index < -0.39 is 5.60 Å². The molecule has 0 saturated heterocycles. The largest absolute Gasteiger partial charge is 0.494 e. The van der Waals surface area contributed by atoms with E-state index in [9.17, 15) is 9.90 Å². The first-order valence-electron chi connectivity index (χ1n) is 8.37. The van der Waals surface area contributed by atoms with Crippen molar-refractivity contribution in [3.63, 3.8) is 0 Å². The Morgan fingerprint density at radius 2 is 1.91 bits per heavy atom. The molecule has 0 spiro atoms. The van der Waals surface area contributed by atoms with Crippen molar-refractivity contribution >= 4 is 11.6 Å². The zero-order chi connectivity index (χ0) is 16.7. The molecule has 0 radical (unpaired) electrons. The number of carbonyl (C=O) groups is 1. The van der Waals surface area contributed by atoms with Crippen molar-refractivity contribution in [3.8, 4) is 5.75 Å². The van der Waals surface area contributed by atoms with E-state index in [4.69, 9.17) is 4.74 Å². The second kappa shape index (κ2) is 8.31. The lowest BCUT2D eigenvalue weighted by Crippen LogP contribution is -2.30. The Hall–Kier alpha value is -1.59. The second-order valence-electron chi connectivity index (χ2n) is 6.69. The maximum atomic E-state index is 12.0. The fourth-order valence-electron chi connectivity index (χ4n) is 2.92. The summed E-state index contributed by atoms with van der Waals surface area (Å²) in [5.74, 6) is 0.672. The Bertz CT molecular complexity index is 493. The SMILES string of the molecule is CN(C)CCCOc1ccc(NC(=O)CC2(O)CCCC2)cc1. The Kier molecular flexibility index (Phi) is 6.42. The highest BCUT2D eigenvalue weighted by Crippen LogP contribution is 2.32. The van der Waals surface area contributed by atoms with Gasteiger partial charge in [-0.05, 0) is 57.6 Å². The molecule has 2 rings (SSSR count). The molecule has 1 aliphatic rings. The van der Waals surface area contributed by atoms with E-state index in [2.05, 4.69) is 10.2 Å². The molecule has 2 N–H and O–H groups in total. The molecular formula is C18H28N2O3. The van der Waals surface area contributed by atoms with Crippen LogP contribution in [0.25, 0.3) is 0 Å². The summed E-state index contributed by atoms with van der Waals surface area (Å²) < 4.78 is 5.66. The third-order valence-corrected chi connectivity index (χ3v) is 4.18. The van der Waals surface area contributed by atoms with Crippen LogP contribution in [0.2, 0.25) is 0 Å². The van der Waals surface area contributed by atoms with Crippen molar-refractivity contribution in [1.29, 1.82) is 0 Å². The summed E-state index contributed by atoms with van der Waals surface area (Å²) in [6.45, 7) is 1.67. The van der Waals surface area contributed by atoms with E-state index in [1.54, 1.807) is 0 Å². The van der Waals surface area contributed by atoms with E-state index in [0.717, 1.165) is 50.1 Å². The van der Waals surface area contributed by atoms with E-state index in [1.807, 2.05) is 38.4 Å². The van der Waals surface area contributed by atoms with Gasteiger partial charge in [0.1, 0.15) is 5.75 Å². The zero-order valence-corrected chi connectivity index (χ0v) is 14.2. The van der Waals surface area contributed by atoms with Gasteiger partial charge in [0.2, 0.25) is 5.91 Å². The number of benzene rings is 1. The van der Waals surface area contributed by atoms with Crippen LogP contribution in [0.3, 0.4) is 0 Å². The number of carbonyl (C=O) groups excluding carboxylic acids is 1. The smallest absolute Gasteiger partial charge is 0.227 e. The number of hydrogen-bond acceptors (Lipinski definition) is 4. The minimum absolute atomic E-state index is 0.131. The topological polar surface area (TPSA) is 61.8 Å². The summed E-state index contributed by atoms with van der Waals surface area (Å²) in [4.78, 5) is 14.2. The van der Waals surface area contributed by atoms with E-state index in [-0.39, 0.29) is 12.3 Å². The van der Waals surface area contributed by atoms with E-state index in [1.165, 1.54) is 0 Å². The van der Waals surface area contributed by atoms with Gasteiger partial charge in [0, 0.05) is 12.2 Å². The Morgan fingerprint density at radius 3 is 2.52 bits per heavy atom. The average Bonchev–Trinajstić information content (AvgIpc) is 2.91. The summed E-state index contributed by atoms with van der Waals surface area (Å²) >= 11 is 0. The number of hydrogen-bond donors (Lipinski definition) is 2. The van der Waals surface area contributed by atoms with Gasteiger partial charge in [0.25, 0.3) is 0 Å². The first-order chi connectivity index (χ1) is 11.0. The van der Waals surface area contributed by atoms with Gasteiger partial charge in [-0.2, -0.15) is 0 Å². The van der Waals surface area contributed by atoms with Crippen LogP contribution in [-0.4, -0.2) is 48.8 Å². The molecule has 0 atom stereocenters. The Labute approximate surface area is 138 Å². The lowest BCUT2D eigenvalue weighted by molar-refractivity contribution is -0.120. The highest BCUT2D eigenvalue weighted by Gasteiger charge is 2.33. The average molecular weight is 320 g/mol. The van der Waals surface area contributed by atoms with Crippen molar-refractivity contribution in [2.24, 2.45) is 0 Å². The quantitative estimate of drug-likeness (QED) is 0.723. The van der Waals surface area contributed by atoms with Crippen molar-refractivity contribution in [2.75, 3.05) is 32.6 Å². The fourth-order valence-corrected chi connectivity index (χ4v) is 2.92. The summed E-state index contributed by atoms with van der Waals surface area (Å²) in [6, 6.07) is 7.38. The van der Waals surface area contributed by atoms with Crippen molar-refractivity contribution in [2.45, 2.75) is 44.1 Å². The molecule has 0 heterocycles. The molecule has 1 fully saturated rings. The number of aliphatic hydroxyl groups is 1. The summed E-state index contributed by atoms with van der Waals surface area (Å²) in [7, 11) is 4.08. The van der Waals surface area contributed by atoms with Gasteiger partial charge >= 0.3 is 0 Å². The summed E-state index contributed by atoms with van der Waals surface area (Å²) in [5.41, 5.74) is -0.0724. The van der Waals surface area contributed by atoms with Crippen LogP contribution in [0.5, 0.6) is 5.75 Å². The standard InChI is InChI=1S/C18H28N2O3/c1-20(2)12-5-13-23-16-8-6-15(7-9-16)19-17(21)14-18(22)10-3-4-11-18/h6-9,22H,3-5,10-14H2,1-2H3,(H,19,21). The van der Waals surface area contributed by atoms with Crippen molar-refractivity contribution < 1.29 is 14.6 Å². The van der Waals surface area contributed by atoms with Gasteiger partial charge < -0.3 is 20.1 Å². The van der Waals surface area contributed by atoms with Gasteiger partial charge in [0.15, 0.2) is 0 Å². The molecule has 0 aliphatic heterocycles. The number of ether oxygens (including phenoxy) is 1. The molecule has 5 heteroatoms. The highest BCUT2D eigenvalue weighted by molar-refractivity contribution is 5.91. The molecule has 128 valence electrons. The first kappa shape index (κ1) is 17.8. The molecule has 1 aliphatic carbocycles. The van der Waals surface area contributed by atoms with Gasteiger partial charge in [-0.3, -0.25) is 4.79 Å². The minimum Gasteiger partial charge on any atom is -0.494 e. The molecular weight excluding hydrogens is 292 g/mol. The molecule has 23 heavy (non-hydrogen) atoms. The molecule has 1 saturated carbocycles. The Morgan fingerprint density at radius 1 is 1.26 bits per heavy atom. The zero-order valence-electron chi connectivity index (χ0n) is 14.2. The molecule has 0 bridgehead atoms. The third kappa shape index (κ3) is 6.20. The molecule has 1 amide bonds. The van der Waals surface area contributed by atoms with Gasteiger partial charge in [-0.25, -0.2) is 0 Å². The van der Waals surface area contributed by atoms with Crippen LogP contribution in [0.4, 0.5) is 5.69 Å². The highest BCUT2D eigenvalue weighted by atomic mass is 16.5. The molecule has 1 aromatic rings. The number of amides is 1. The minimum atomic E-state index is -0.806. The van der Waals surface area contributed by atoms with Crippen LogP contribution < -0.4 is 10.1 Å². The van der Waals surface area contributed by atoms with Crippen LogP contribution >= 0.6 is 0 Å². The number of anilines is 1. The first-order valence-corrected chi connectivity index (χ1v) is 8.37. The van der Waals surface area contributed by atoms with Gasteiger partial charge in [0.05, 0.1) is 18.6 Å². The molecule has 5 nitrogen and oxygen atoms in total. The fraction of sp³-hybridized carbons (Fsp3) is 0.611. The van der Waals surface area contributed by atoms with Crippen molar-refractivity contribution in [1.82, 2.24) is 4.90 Å². The molecule has 1 aromatic carbocycles. The normalized spacial score (nSPS) is 16.5. The lowest BCUT2D eigenvalue weighted by atomic mass is 9.97. The number of nitrogens with zero attached hydrogens (tertiary/aromatic N) is 1. The van der Waals surface area contributed by atoms with Crippen LogP contribution in [0, 0.1) is 0 Å².